The van der Waals surface area contributed by atoms with Crippen molar-refractivity contribution in [3.8, 4) is 67.5 Å². The fraction of sp³-hybridized carbons (Fsp3) is 0.0492. The lowest BCUT2D eigenvalue weighted by molar-refractivity contribution is 0.360. The molecule has 1 atom stereocenters. The third kappa shape index (κ3) is 6.55. The number of aryl methyl sites for hydroxylation is 2. The Morgan fingerprint density at radius 1 is 0.379 bits per heavy atom. The zero-order chi connectivity index (χ0) is 44.2. The maximum Gasteiger partial charge on any atom is 0.178 e. The highest BCUT2D eigenvalue weighted by Crippen LogP contribution is 2.62. The summed E-state index contributed by atoms with van der Waals surface area (Å²) in [5.74, 6) is 2.91. The van der Waals surface area contributed by atoms with Crippen molar-refractivity contribution >= 4 is 17.1 Å². The minimum absolute atomic E-state index is 0.595. The molecule has 8 aromatic carbocycles. The number of fused-ring (bicyclic) bond motifs is 6. The molecule has 0 radical (unpaired) electrons. The molecule has 0 bridgehead atoms. The number of nitrogens with zero attached hydrogens (tertiary/aromatic N) is 3. The number of benzene rings is 8. The molecule has 5 heteroatoms. The van der Waals surface area contributed by atoms with Crippen LogP contribution in [0.5, 0.6) is 23.0 Å². The molecule has 3 heterocycles. The van der Waals surface area contributed by atoms with E-state index in [1.54, 1.807) is 0 Å². The van der Waals surface area contributed by atoms with Crippen molar-refractivity contribution in [3.05, 3.63) is 258 Å². The molecule has 2 aromatic heterocycles. The third-order valence-electron chi connectivity index (χ3n) is 13.1. The van der Waals surface area contributed by atoms with Crippen LogP contribution in [0.2, 0.25) is 0 Å². The van der Waals surface area contributed by atoms with Gasteiger partial charge >= 0.3 is 0 Å². The van der Waals surface area contributed by atoms with Crippen LogP contribution in [-0.2, 0) is 5.41 Å². The summed E-state index contributed by atoms with van der Waals surface area (Å²) in [5.41, 5.74) is 18.5. The van der Waals surface area contributed by atoms with E-state index in [-0.39, 0.29) is 0 Å². The summed E-state index contributed by atoms with van der Waals surface area (Å²) in [7, 11) is 0. The van der Waals surface area contributed by atoms with Gasteiger partial charge in [0.2, 0.25) is 0 Å². The largest absolute Gasteiger partial charge is 0.449 e. The van der Waals surface area contributed by atoms with Gasteiger partial charge in [-0.1, -0.05) is 133 Å². The number of aromatic nitrogens is 2. The van der Waals surface area contributed by atoms with Crippen molar-refractivity contribution in [1.82, 2.24) is 9.97 Å². The van der Waals surface area contributed by atoms with Gasteiger partial charge < -0.3 is 14.4 Å². The van der Waals surface area contributed by atoms with Gasteiger partial charge in [0.15, 0.2) is 23.0 Å². The minimum atomic E-state index is -0.595. The number of anilines is 3. The van der Waals surface area contributed by atoms with Gasteiger partial charge in [-0.15, -0.1) is 0 Å². The van der Waals surface area contributed by atoms with Gasteiger partial charge in [-0.05, 0) is 142 Å². The Morgan fingerprint density at radius 3 is 1.41 bits per heavy atom. The highest BCUT2D eigenvalue weighted by Gasteiger charge is 2.48. The lowest BCUT2D eigenvalue weighted by Gasteiger charge is -2.34. The van der Waals surface area contributed by atoms with Gasteiger partial charge in [-0.2, -0.15) is 0 Å². The van der Waals surface area contributed by atoms with Gasteiger partial charge in [0, 0.05) is 58.5 Å². The molecule has 0 fully saturated rings. The summed E-state index contributed by atoms with van der Waals surface area (Å²) in [6, 6.07) is 71.6. The molecule has 1 unspecified atom stereocenters. The Balaban J connectivity index is 0.919. The lowest BCUT2D eigenvalue weighted by atomic mass is 9.67. The standard InChI is InChI=1S/C61H43N3O2/c1-40-34-46(38-62-36-40)44-20-28-51(29-21-44)64(52-30-22-45(23-31-52)47-35-41(2)37-63-39-47)50-26-18-43(19-27-50)42-16-24-49(25-17-42)61(48-10-4-3-5-11-48)54-13-7-6-12-53(54)59-55(61)32-33-58-60(59)66-57-15-9-8-14-56(57)65-58/h3-39H,1-2H3. The fourth-order valence-electron chi connectivity index (χ4n) is 10.0. The van der Waals surface area contributed by atoms with E-state index in [9.17, 15) is 0 Å². The molecule has 0 saturated heterocycles. The summed E-state index contributed by atoms with van der Waals surface area (Å²) >= 11 is 0. The van der Waals surface area contributed by atoms with Crippen molar-refractivity contribution < 1.29 is 9.47 Å². The second-order valence-electron chi connectivity index (χ2n) is 17.2. The van der Waals surface area contributed by atoms with Crippen molar-refractivity contribution in [3.63, 3.8) is 0 Å². The molecular weight excluding hydrogens is 807 g/mol. The van der Waals surface area contributed by atoms with Crippen LogP contribution in [0.4, 0.5) is 17.1 Å². The smallest absolute Gasteiger partial charge is 0.178 e. The van der Waals surface area contributed by atoms with Crippen LogP contribution < -0.4 is 14.4 Å². The highest BCUT2D eigenvalue weighted by atomic mass is 16.6. The van der Waals surface area contributed by atoms with Crippen LogP contribution in [0.15, 0.2) is 225 Å². The predicted molar refractivity (Wildman–Crippen MR) is 266 cm³/mol. The molecular formula is C61H43N3O2. The molecule has 66 heavy (non-hydrogen) atoms. The SMILES string of the molecule is Cc1cncc(-c2ccc(N(c3ccc(-c4ccc(C5(c6ccccc6)c6ccccc6-c6c5ccc5c6Oc6ccccc6O5)cc4)cc3)c3ccc(-c4cncc(C)c4)cc3)cc2)c1. The fourth-order valence-corrected chi connectivity index (χ4v) is 10.0. The van der Waals surface area contributed by atoms with Gasteiger partial charge in [-0.3, -0.25) is 9.97 Å². The van der Waals surface area contributed by atoms with Crippen molar-refractivity contribution in [2.75, 3.05) is 4.90 Å². The van der Waals surface area contributed by atoms with E-state index in [0.29, 0.717) is 5.75 Å². The van der Waals surface area contributed by atoms with Crippen molar-refractivity contribution in [2.24, 2.45) is 0 Å². The first-order chi connectivity index (χ1) is 32.5. The molecule has 12 rings (SSSR count). The molecule has 1 aliphatic heterocycles. The number of hydrogen-bond acceptors (Lipinski definition) is 5. The number of ether oxygens (including phenoxy) is 2. The first-order valence-corrected chi connectivity index (χ1v) is 22.3. The summed E-state index contributed by atoms with van der Waals surface area (Å²) in [6.45, 7) is 4.15. The summed E-state index contributed by atoms with van der Waals surface area (Å²) < 4.78 is 13.2. The Bertz CT molecular complexity index is 3330. The summed E-state index contributed by atoms with van der Waals surface area (Å²) in [6.07, 6.45) is 7.62. The molecule has 0 N–H and O–H groups in total. The summed E-state index contributed by atoms with van der Waals surface area (Å²) in [5, 5.41) is 0. The second-order valence-corrected chi connectivity index (χ2v) is 17.2. The first kappa shape index (κ1) is 39.1. The van der Waals surface area contributed by atoms with Gasteiger partial charge in [0.05, 0.1) is 5.41 Å². The van der Waals surface area contributed by atoms with Crippen LogP contribution >= 0.6 is 0 Å². The maximum absolute atomic E-state index is 6.72. The van der Waals surface area contributed by atoms with E-state index in [2.05, 4.69) is 205 Å². The average molecular weight is 850 g/mol. The number of rotatable bonds is 8. The molecule has 314 valence electrons. The van der Waals surface area contributed by atoms with Gasteiger partial charge in [0.25, 0.3) is 0 Å². The lowest BCUT2D eigenvalue weighted by Crippen LogP contribution is -2.28. The molecule has 0 spiro atoms. The van der Waals surface area contributed by atoms with Crippen LogP contribution in [0.1, 0.15) is 33.4 Å². The van der Waals surface area contributed by atoms with Crippen LogP contribution in [-0.4, -0.2) is 9.97 Å². The minimum Gasteiger partial charge on any atom is -0.449 e. The molecule has 5 nitrogen and oxygen atoms in total. The number of hydrogen-bond donors (Lipinski definition) is 0. The van der Waals surface area contributed by atoms with Crippen LogP contribution in [0.25, 0.3) is 44.5 Å². The zero-order valence-electron chi connectivity index (χ0n) is 36.5. The van der Waals surface area contributed by atoms with E-state index in [1.807, 2.05) is 49.1 Å². The van der Waals surface area contributed by atoms with Crippen molar-refractivity contribution in [2.45, 2.75) is 19.3 Å². The van der Waals surface area contributed by atoms with E-state index in [4.69, 9.17) is 9.47 Å². The normalized spacial score (nSPS) is 14.2. The Kier molecular flexibility index (Phi) is 9.42. The highest BCUT2D eigenvalue weighted by molar-refractivity contribution is 5.92. The number of para-hydroxylation sites is 2. The zero-order valence-corrected chi connectivity index (χ0v) is 36.5. The van der Waals surface area contributed by atoms with Gasteiger partial charge in [-0.25, -0.2) is 0 Å². The van der Waals surface area contributed by atoms with E-state index in [0.717, 1.165) is 89.9 Å². The van der Waals surface area contributed by atoms with E-state index in [1.165, 1.54) is 22.3 Å². The summed E-state index contributed by atoms with van der Waals surface area (Å²) in [4.78, 5) is 11.2. The van der Waals surface area contributed by atoms with E-state index >= 15 is 0 Å². The van der Waals surface area contributed by atoms with Gasteiger partial charge in [0.1, 0.15) is 0 Å². The topological polar surface area (TPSA) is 47.5 Å². The molecule has 0 amide bonds. The monoisotopic (exact) mass is 849 g/mol. The molecule has 1 aliphatic carbocycles. The quantitative estimate of drug-likeness (QED) is 0.152. The third-order valence-corrected chi connectivity index (χ3v) is 13.1. The maximum atomic E-state index is 6.72. The molecule has 10 aromatic rings. The Morgan fingerprint density at radius 2 is 0.848 bits per heavy atom. The molecule has 2 aliphatic rings. The van der Waals surface area contributed by atoms with Crippen molar-refractivity contribution in [1.29, 1.82) is 0 Å². The predicted octanol–water partition coefficient (Wildman–Crippen LogP) is 15.8. The first-order valence-electron chi connectivity index (χ1n) is 22.3. The van der Waals surface area contributed by atoms with Crippen LogP contribution in [0.3, 0.4) is 0 Å². The average Bonchev–Trinajstić information content (AvgIpc) is 3.68. The number of pyridine rings is 2. The Labute approximate surface area is 384 Å². The second kappa shape index (κ2) is 15.9. The van der Waals surface area contributed by atoms with E-state index < -0.39 is 5.41 Å². The van der Waals surface area contributed by atoms with Crippen LogP contribution in [0, 0.1) is 13.8 Å². The molecule has 0 saturated carbocycles. The Hall–Kier alpha value is -8.54.